The molecule has 0 spiro atoms. The number of para-hydroxylation sites is 2. The lowest BCUT2D eigenvalue weighted by molar-refractivity contribution is -0.133. The van der Waals surface area contributed by atoms with Gasteiger partial charge in [-0.3, -0.25) is 19.2 Å². The van der Waals surface area contributed by atoms with Crippen molar-refractivity contribution < 1.29 is 23.5 Å². The molecule has 0 aliphatic carbocycles. The first kappa shape index (κ1) is 33.5. The lowest BCUT2D eigenvalue weighted by atomic mass is 10.0. The van der Waals surface area contributed by atoms with Gasteiger partial charge in [0.2, 0.25) is 5.91 Å². The number of hydrogen-bond acceptors (Lipinski definition) is 8. The van der Waals surface area contributed by atoms with Crippen LogP contribution in [0.5, 0.6) is 5.75 Å². The number of halogens is 1. The number of benzene rings is 3. The molecule has 1 aromatic heterocycles. The number of methoxy groups -OCH3 is 1. The zero-order valence-corrected chi connectivity index (χ0v) is 27.4. The average molecular weight is 660 g/mol. The van der Waals surface area contributed by atoms with Crippen molar-refractivity contribution in [1.82, 2.24) is 20.4 Å². The molecule has 4 aromatic rings. The molecule has 246 valence electrons. The zero-order chi connectivity index (χ0) is 33.5. The van der Waals surface area contributed by atoms with Crippen LogP contribution in [0.1, 0.15) is 26.5 Å². The predicted octanol–water partition coefficient (Wildman–Crippen LogP) is 3.44. The molecule has 47 heavy (non-hydrogen) atoms. The molecule has 0 radical (unpaired) electrons. The molecule has 0 bridgehead atoms. The second kappa shape index (κ2) is 15.1. The summed E-state index contributed by atoms with van der Waals surface area (Å²) in [6.45, 7) is 3.00. The highest BCUT2D eigenvalue weighted by molar-refractivity contribution is 6.30. The van der Waals surface area contributed by atoms with E-state index in [1.165, 1.54) is 7.11 Å². The van der Waals surface area contributed by atoms with Gasteiger partial charge >= 0.3 is 0 Å². The molecule has 1 atom stereocenters. The van der Waals surface area contributed by atoms with E-state index in [0.717, 1.165) is 23.9 Å². The van der Waals surface area contributed by atoms with E-state index in [0.29, 0.717) is 49.1 Å². The molecule has 5 rings (SSSR count). The molecule has 1 aliphatic heterocycles. The molecule has 3 aromatic carbocycles. The molecule has 2 N–H and O–H groups in total. The fourth-order valence-electron chi connectivity index (χ4n) is 5.53. The summed E-state index contributed by atoms with van der Waals surface area (Å²) in [7, 11) is 5.34. The number of anilines is 1. The van der Waals surface area contributed by atoms with Crippen LogP contribution in [-0.4, -0.2) is 94.0 Å². The Labute approximate surface area is 278 Å². The number of hydrogen-bond donors (Lipinski definition) is 2. The first-order chi connectivity index (χ1) is 22.6. The fraction of sp³-hybridized carbons (Fsp3) is 0.314. The van der Waals surface area contributed by atoms with Crippen LogP contribution in [-0.2, 0) is 11.2 Å². The normalized spacial score (nSPS) is 13.8. The topological polar surface area (TPSA) is 124 Å². The quantitative estimate of drug-likeness (QED) is 0.251. The van der Waals surface area contributed by atoms with Gasteiger partial charge in [0.1, 0.15) is 6.04 Å². The van der Waals surface area contributed by atoms with Crippen LogP contribution in [0.25, 0.3) is 11.0 Å². The molecule has 2 heterocycles. The SMILES string of the molecule is COc1cccc2c(=O)cc(C(=O)N[C@H](Cc3ccc(Cl)cc3)C(=O)N3CCN(c4ccccc4C(=O)NCCN(C)C)CC3)oc12. The summed E-state index contributed by atoms with van der Waals surface area (Å²) in [5.74, 6) is -1.04. The smallest absolute Gasteiger partial charge is 0.287 e. The summed E-state index contributed by atoms with van der Waals surface area (Å²) in [6, 6.07) is 19.5. The molecule has 1 aliphatic rings. The van der Waals surface area contributed by atoms with Gasteiger partial charge in [-0.2, -0.15) is 0 Å². The Balaban J connectivity index is 1.33. The van der Waals surface area contributed by atoms with Crippen molar-refractivity contribution in [2.24, 2.45) is 0 Å². The van der Waals surface area contributed by atoms with E-state index in [2.05, 4.69) is 15.5 Å². The van der Waals surface area contributed by atoms with Crippen LogP contribution >= 0.6 is 11.6 Å². The number of piperazine rings is 1. The Morgan fingerprint density at radius 2 is 1.68 bits per heavy atom. The van der Waals surface area contributed by atoms with Gasteiger partial charge in [0.15, 0.2) is 22.5 Å². The summed E-state index contributed by atoms with van der Waals surface area (Å²) in [4.78, 5) is 59.1. The lowest BCUT2D eigenvalue weighted by Gasteiger charge is -2.38. The van der Waals surface area contributed by atoms with Crippen molar-refractivity contribution in [2.45, 2.75) is 12.5 Å². The van der Waals surface area contributed by atoms with Crippen LogP contribution < -0.4 is 25.7 Å². The van der Waals surface area contributed by atoms with Crippen molar-refractivity contribution in [2.75, 3.05) is 65.4 Å². The van der Waals surface area contributed by atoms with Gasteiger partial charge < -0.3 is 34.5 Å². The number of fused-ring (bicyclic) bond motifs is 1. The number of nitrogens with zero attached hydrogens (tertiary/aromatic N) is 3. The van der Waals surface area contributed by atoms with E-state index in [1.807, 2.05) is 37.2 Å². The maximum absolute atomic E-state index is 14.0. The minimum Gasteiger partial charge on any atom is -0.493 e. The predicted molar refractivity (Wildman–Crippen MR) is 182 cm³/mol. The molecule has 3 amide bonds. The number of nitrogens with one attached hydrogen (secondary N) is 2. The zero-order valence-electron chi connectivity index (χ0n) is 26.6. The van der Waals surface area contributed by atoms with E-state index < -0.39 is 17.4 Å². The van der Waals surface area contributed by atoms with E-state index in [4.69, 9.17) is 20.8 Å². The van der Waals surface area contributed by atoms with Crippen molar-refractivity contribution >= 4 is 46.0 Å². The Bertz CT molecular complexity index is 1800. The summed E-state index contributed by atoms with van der Waals surface area (Å²) >= 11 is 6.09. The molecule has 12 heteroatoms. The number of carbonyl (C=O) groups excluding carboxylic acids is 3. The Morgan fingerprint density at radius 3 is 2.38 bits per heavy atom. The van der Waals surface area contributed by atoms with Gasteiger partial charge in [0.25, 0.3) is 11.8 Å². The van der Waals surface area contributed by atoms with Crippen LogP contribution in [0.3, 0.4) is 0 Å². The Hall–Kier alpha value is -4.87. The molecule has 1 fully saturated rings. The minimum atomic E-state index is -0.955. The molecule has 11 nitrogen and oxygen atoms in total. The highest BCUT2D eigenvalue weighted by Crippen LogP contribution is 2.25. The summed E-state index contributed by atoms with van der Waals surface area (Å²) in [6.07, 6.45) is 0.193. The average Bonchev–Trinajstić information content (AvgIpc) is 3.08. The van der Waals surface area contributed by atoms with Crippen LogP contribution in [0.4, 0.5) is 5.69 Å². The Kier molecular flexibility index (Phi) is 10.8. The van der Waals surface area contributed by atoms with Gasteiger partial charge in [-0.15, -0.1) is 0 Å². The number of ether oxygens (including phenoxy) is 1. The summed E-state index contributed by atoms with van der Waals surface area (Å²) in [5, 5.41) is 6.61. The largest absolute Gasteiger partial charge is 0.493 e. The minimum absolute atomic E-state index is 0.148. The third kappa shape index (κ3) is 8.11. The van der Waals surface area contributed by atoms with Gasteiger partial charge in [0.05, 0.1) is 18.1 Å². The molecular weight excluding hydrogens is 622 g/mol. The number of carbonyl (C=O) groups is 3. The maximum atomic E-state index is 14.0. The number of rotatable bonds is 11. The third-order valence-corrected chi connectivity index (χ3v) is 8.30. The maximum Gasteiger partial charge on any atom is 0.287 e. The van der Waals surface area contributed by atoms with Crippen LogP contribution in [0, 0.1) is 0 Å². The highest BCUT2D eigenvalue weighted by Gasteiger charge is 2.31. The summed E-state index contributed by atoms with van der Waals surface area (Å²) < 4.78 is 11.2. The lowest BCUT2D eigenvalue weighted by Crippen LogP contribution is -2.55. The van der Waals surface area contributed by atoms with E-state index in [-0.39, 0.29) is 35.0 Å². The van der Waals surface area contributed by atoms with Crippen molar-refractivity contribution in [3.05, 3.63) is 105 Å². The second-order valence-corrected chi connectivity index (χ2v) is 12.0. The van der Waals surface area contributed by atoms with Crippen LogP contribution in [0.15, 0.2) is 82.0 Å². The monoisotopic (exact) mass is 659 g/mol. The standard InChI is InChI=1S/C35H38ClN5O6/c1-39(2)16-15-37-33(43)25-7-4-5-9-28(25)40-17-19-41(20-18-40)35(45)27(21-23-11-13-24(36)14-12-23)38-34(44)31-22-29(42)26-8-6-10-30(46-3)32(26)47-31/h4-14,22,27H,15-21H2,1-3H3,(H,37,43)(H,38,44)/t27-/m1/s1. The van der Waals surface area contributed by atoms with Crippen molar-refractivity contribution in [3.8, 4) is 5.75 Å². The summed E-state index contributed by atoms with van der Waals surface area (Å²) in [5.41, 5.74) is 1.92. The molecule has 0 unspecified atom stereocenters. The first-order valence-corrected chi connectivity index (χ1v) is 15.7. The van der Waals surface area contributed by atoms with Gasteiger partial charge in [-0.25, -0.2) is 0 Å². The van der Waals surface area contributed by atoms with E-state index >= 15 is 0 Å². The number of amides is 3. The fourth-order valence-corrected chi connectivity index (χ4v) is 5.65. The van der Waals surface area contributed by atoms with Crippen LogP contribution in [0.2, 0.25) is 5.02 Å². The highest BCUT2D eigenvalue weighted by atomic mass is 35.5. The Morgan fingerprint density at radius 1 is 0.957 bits per heavy atom. The molecule has 0 saturated carbocycles. The van der Waals surface area contributed by atoms with Gasteiger partial charge in [-0.1, -0.05) is 41.9 Å². The molecular formula is C35H38ClN5O6. The van der Waals surface area contributed by atoms with E-state index in [9.17, 15) is 19.2 Å². The van der Waals surface area contributed by atoms with Crippen molar-refractivity contribution in [1.29, 1.82) is 0 Å². The van der Waals surface area contributed by atoms with Gasteiger partial charge in [-0.05, 0) is 56.1 Å². The van der Waals surface area contributed by atoms with E-state index in [1.54, 1.807) is 53.4 Å². The van der Waals surface area contributed by atoms with Gasteiger partial charge in [0, 0.05) is 62.5 Å². The second-order valence-electron chi connectivity index (χ2n) is 11.6. The first-order valence-electron chi connectivity index (χ1n) is 15.4. The molecule has 1 saturated heterocycles. The number of likely N-dealkylation sites (N-methyl/N-ethyl adjacent to an activating group) is 1. The third-order valence-electron chi connectivity index (χ3n) is 8.04. The van der Waals surface area contributed by atoms with Crippen molar-refractivity contribution in [3.63, 3.8) is 0 Å².